The van der Waals surface area contributed by atoms with Crippen LogP contribution in [0.4, 0.5) is 0 Å². The highest BCUT2D eigenvalue weighted by Gasteiger charge is 2.29. The van der Waals surface area contributed by atoms with E-state index in [0.717, 1.165) is 38.6 Å². The number of benzene rings is 1. The fourth-order valence-corrected chi connectivity index (χ4v) is 3.15. The summed E-state index contributed by atoms with van der Waals surface area (Å²) in [4.78, 5) is 17.5. The van der Waals surface area contributed by atoms with E-state index in [4.69, 9.17) is 10.7 Å². The standard InChI is InChI=1S/C17H20BrN3O/c1-10-15(17(22)20-8-2-7-19)13-9-12(18)5-6-14(13)21-16(10)11-3-4-11/h5-6,9,11H,2-4,7-8,19H2,1H3,(H,20,22). The summed E-state index contributed by atoms with van der Waals surface area (Å²) in [5.41, 5.74) is 9.24. The van der Waals surface area contributed by atoms with Gasteiger partial charge in [0.15, 0.2) is 0 Å². The minimum Gasteiger partial charge on any atom is -0.352 e. The highest BCUT2D eigenvalue weighted by atomic mass is 79.9. The largest absolute Gasteiger partial charge is 0.352 e. The Kier molecular flexibility index (Phi) is 4.45. The van der Waals surface area contributed by atoms with Crippen molar-refractivity contribution in [3.05, 3.63) is 39.5 Å². The van der Waals surface area contributed by atoms with Crippen LogP contribution in [0, 0.1) is 6.92 Å². The summed E-state index contributed by atoms with van der Waals surface area (Å²) in [6, 6.07) is 5.92. The number of nitrogens with zero attached hydrogens (tertiary/aromatic N) is 1. The number of aromatic nitrogens is 1. The topological polar surface area (TPSA) is 68.0 Å². The van der Waals surface area contributed by atoms with Crippen LogP contribution in [0.1, 0.15) is 46.8 Å². The molecule has 1 saturated carbocycles. The Morgan fingerprint density at radius 3 is 2.91 bits per heavy atom. The first-order valence-electron chi connectivity index (χ1n) is 7.70. The van der Waals surface area contributed by atoms with Crippen molar-refractivity contribution < 1.29 is 4.79 Å². The number of carbonyl (C=O) groups is 1. The molecule has 1 fully saturated rings. The van der Waals surface area contributed by atoms with Crippen LogP contribution < -0.4 is 11.1 Å². The smallest absolute Gasteiger partial charge is 0.252 e. The van der Waals surface area contributed by atoms with Crippen molar-refractivity contribution in [2.45, 2.75) is 32.1 Å². The minimum absolute atomic E-state index is 0.0293. The average Bonchev–Trinajstić information content (AvgIpc) is 3.31. The Labute approximate surface area is 138 Å². The lowest BCUT2D eigenvalue weighted by Gasteiger charge is -2.14. The van der Waals surface area contributed by atoms with Crippen molar-refractivity contribution in [3.8, 4) is 0 Å². The summed E-state index contributed by atoms with van der Waals surface area (Å²) in [5.74, 6) is 0.488. The second kappa shape index (κ2) is 6.34. The first kappa shape index (κ1) is 15.4. The third kappa shape index (κ3) is 3.01. The molecule has 2 aromatic rings. The van der Waals surface area contributed by atoms with Crippen molar-refractivity contribution >= 4 is 32.7 Å². The van der Waals surface area contributed by atoms with E-state index in [0.29, 0.717) is 19.0 Å². The van der Waals surface area contributed by atoms with Crippen molar-refractivity contribution in [1.82, 2.24) is 10.3 Å². The molecule has 1 aromatic heterocycles. The van der Waals surface area contributed by atoms with Crippen molar-refractivity contribution in [2.24, 2.45) is 5.73 Å². The average molecular weight is 362 g/mol. The highest BCUT2D eigenvalue weighted by Crippen LogP contribution is 2.42. The quantitative estimate of drug-likeness (QED) is 0.803. The Morgan fingerprint density at radius 2 is 2.23 bits per heavy atom. The molecule has 0 bridgehead atoms. The molecule has 3 rings (SSSR count). The second-order valence-corrected chi connectivity index (χ2v) is 6.75. The molecule has 4 nitrogen and oxygen atoms in total. The van der Waals surface area contributed by atoms with Gasteiger partial charge in [-0.2, -0.15) is 0 Å². The molecule has 0 unspecified atom stereocenters. The first-order chi connectivity index (χ1) is 10.6. The van der Waals surface area contributed by atoms with E-state index in [1.165, 1.54) is 12.8 Å². The fraction of sp³-hybridized carbons (Fsp3) is 0.412. The molecular formula is C17H20BrN3O. The predicted molar refractivity (Wildman–Crippen MR) is 92.2 cm³/mol. The van der Waals surface area contributed by atoms with Crippen LogP contribution in [-0.4, -0.2) is 24.0 Å². The molecule has 3 N–H and O–H groups in total. The van der Waals surface area contributed by atoms with Gasteiger partial charge in [0, 0.05) is 28.0 Å². The molecule has 116 valence electrons. The Hall–Kier alpha value is -1.46. The summed E-state index contributed by atoms with van der Waals surface area (Å²) >= 11 is 3.49. The number of rotatable bonds is 5. The van der Waals surface area contributed by atoms with Gasteiger partial charge in [-0.05, 0) is 56.5 Å². The Bertz CT molecular complexity index is 725. The van der Waals surface area contributed by atoms with Crippen LogP contribution in [-0.2, 0) is 0 Å². The monoisotopic (exact) mass is 361 g/mol. The van der Waals surface area contributed by atoms with Crippen molar-refractivity contribution in [1.29, 1.82) is 0 Å². The Balaban J connectivity index is 2.09. The van der Waals surface area contributed by atoms with Crippen LogP contribution in [0.2, 0.25) is 0 Å². The molecule has 0 saturated heterocycles. The molecule has 22 heavy (non-hydrogen) atoms. The zero-order chi connectivity index (χ0) is 15.7. The number of nitrogens with two attached hydrogens (primary N) is 1. The van der Waals surface area contributed by atoms with Crippen molar-refractivity contribution in [3.63, 3.8) is 0 Å². The molecule has 0 spiro atoms. The number of amides is 1. The van der Waals surface area contributed by atoms with Crippen LogP contribution in [0.25, 0.3) is 10.9 Å². The SMILES string of the molecule is Cc1c(C2CC2)nc2ccc(Br)cc2c1C(=O)NCCCN. The van der Waals surface area contributed by atoms with E-state index >= 15 is 0 Å². The lowest BCUT2D eigenvalue weighted by molar-refractivity contribution is 0.0954. The van der Waals surface area contributed by atoms with Gasteiger partial charge in [0.1, 0.15) is 0 Å². The van der Waals surface area contributed by atoms with Gasteiger partial charge in [-0.3, -0.25) is 9.78 Å². The normalized spacial score (nSPS) is 14.3. The molecule has 0 atom stereocenters. The Morgan fingerprint density at radius 1 is 1.45 bits per heavy atom. The predicted octanol–water partition coefficient (Wildman–Crippen LogP) is 3.26. The molecule has 1 aromatic carbocycles. The maximum absolute atomic E-state index is 12.7. The molecule has 5 heteroatoms. The zero-order valence-corrected chi connectivity index (χ0v) is 14.2. The van der Waals surface area contributed by atoms with Gasteiger partial charge < -0.3 is 11.1 Å². The summed E-state index contributed by atoms with van der Waals surface area (Å²) in [6.45, 7) is 3.19. The summed E-state index contributed by atoms with van der Waals surface area (Å²) in [6.07, 6.45) is 3.13. The van der Waals surface area contributed by atoms with Crippen LogP contribution >= 0.6 is 15.9 Å². The van der Waals surface area contributed by atoms with E-state index in [9.17, 15) is 4.79 Å². The summed E-state index contributed by atoms with van der Waals surface area (Å²) < 4.78 is 0.955. The number of fused-ring (bicyclic) bond motifs is 1. The molecule has 1 aliphatic rings. The van der Waals surface area contributed by atoms with Gasteiger partial charge in [0.2, 0.25) is 0 Å². The lowest BCUT2D eigenvalue weighted by Crippen LogP contribution is -2.27. The van der Waals surface area contributed by atoms with Gasteiger partial charge in [0.25, 0.3) is 5.91 Å². The number of hydrogen-bond acceptors (Lipinski definition) is 3. The molecule has 1 amide bonds. The zero-order valence-electron chi connectivity index (χ0n) is 12.7. The number of hydrogen-bond donors (Lipinski definition) is 2. The molecule has 0 radical (unpaired) electrons. The van der Waals surface area contributed by atoms with Gasteiger partial charge in [0.05, 0.1) is 11.1 Å². The molecular weight excluding hydrogens is 342 g/mol. The van der Waals surface area contributed by atoms with Gasteiger partial charge >= 0.3 is 0 Å². The van der Waals surface area contributed by atoms with E-state index in [1.807, 2.05) is 25.1 Å². The third-order valence-electron chi connectivity index (χ3n) is 4.09. The lowest BCUT2D eigenvalue weighted by atomic mass is 9.98. The van der Waals surface area contributed by atoms with E-state index in [2.05, 4.69) is 21.2 Å². The number of pyridine rings is 1. The van der Waals surface area contributed by atoms with Crippen LogP contribution in [0.15, 0.2) is 22.7 Å². The molecule has 1 aliphatic carbocycles. The van der Waals surface area contributed by atoms with E-state index in [1.54, 1.807) is 0 Å². The van der Waals surface area contributed by atoms with Crippen LogP contribution in [0.3, 0.4) is 0 Å². The minimum atomic E-state index is -0.0293. The van der Waals surface area contributed by atoms with E-state index in [-0.39, 0.29) is 5.91 Å². The van der Waals surface area contributed by atoms with E-state index < -0.39 is 0 Å². The molecule has 1 heterocycles. The van der Waals surface area contributed by atoms with Gasteiger partial charge in [-0.15, -0.1) is 0 Å². The van der Waals surface area contributed by atoms with Gasteiger partial charge in [-0.1, -0.05) is 15.9 Å². The van der Waals surface area contributed by atoms with Crippen LogP contribution in [0.5, 0.6) is 0 Å². The maximum atomic E-state index is 12.7. The highest BCUT2D eigenvalue weighted by molar-refractivity contribution is 9.10. The van der Waals surface area contributed by atoms with Gasteiger partial charge in [-0.25, -0.2) is 0 Å². The number of carbonyl (C=O) groups excluding carboxylic acids is 1. The summed E-state index contributed by atoms with van der Waals surface area (Å²) in [7, 11) is 0. The van der Waals surface area contributed by atoms with Crippen molar-refractivity contribution in [2.75, 3.05) is 13.1 Å². The molecule has 0 aliphatic heterocycles. The second-order valence-electron chi connectivity index (χ2n) is 5.83. The first-order valence-corrected chi connectivity index (χ1v) is 8.49. The fourth-order valence-electron chi connectivity index (χ4n) is 2.79. The number of halogens is 1. The summed E-state index contributed by atoms with van der Waals surface area (Å²) in [5, 5.41) is 3.88. The number of nitrogens with one attached hydrogen (secondary N) is 1. The third-order valence-corrected chi connectivity index (χ3v) is 4.58. The maximum Gasteiger partial charge on any atom is 0.252 e.